The van der Waals surface area contributed by atoms with Crippen molar-refractivity contribution in [1.29, 1.82) is 0 Å². The van der Waals surface area contributed by atoms with Crippen LogP contribution in [0, 0.1) is 5.82 Å². The molecule has 0 saturated carbocycles. The summed E-state index contributed by atoms with van der Waals surface area (Å²) in [6.07, 6.45) is 0. The molecule has 0 aliphatic carbocycles. The van der Waals surface area contributed by atoms with Crippen LogP contribution in [0.5, 0.6) is 5.75 Å². The first-order valence-corrected chi connectivity index (χ1v) is 9.38. The van der Waals surface area contributed by atoms with Gasteiger partial charge in [-0.2, -0.15) is 4.37 Å². The number of ether oxygens (including phenoxy) is 1. The van der Waals surface area contributed by atoms with Gasteiger partial charge in [-0.05, 0) is 42.7 Å². The van der Waals surface area contributed by atoms with Gasteiger partial charge in [-0.1, -0.05) is 30.3 Å². The fraction of sp³-hybridized carbons (Fsp3) is 0.0952. The van der Waals surface area contributed by atoms with Gasteiger partial charge in [0.2, 0.25) is 0 Å². The first-order valence-electron chi connectivity index (χ1n) is 8.61. The lowest BCUT2D eigenvalue weighted by molar-refractivity contribution is 0.0516. The van der Waals surface area contributed by atoms with Gasteiger partial charge in [0.15, 0.2) is 11.4 Å². The summed E-state index contributed by atoms with van der Waals surface area (Å²) in [6, 6.07) is 15.1. The zero-order chi connectivity index (χ0) is 19.7. The number of aromatic hydroxyl groups is 1. The maximum absolute atomic E-state index is 13.3. The monoisotopic (exact) mass is 394 g/mol. The minimum atomic E-state index is -0.713. The summed E-state index contributed by atoms with van der Waals surface area (Å²) in [5.74, 6) is -1.37. The minimum Gasteiger partial charge on any atom is -0.505 e. The van der Waals surface area contributed by atoms with Crippen LogP contribution >= 0.6 is 11.5 Å². The molecule has 2 aromatic heterocycles. The van der Waals surface area contributed by atoms with E-state index in [-0.39, 0.29) is 23.9 Å². The number of halogens is 1. The largest absolute Gasteiger partial charge is 0.505 e. The van der Waals surface area contributed by atoms with Crippen molar-refractivity contribution >= 4 is 27.6 Å². The number of hydrogen-bond acceptors (Lipinski definition) is 6. The van der Waals surface area contributed by atoms with Gasteiger partial charge in [0, 0.05) is 11.1 Å². The van der Waals surface area contributed by atoms with Gasteiger partial charge in [0.25, 0.3) is 0 Å². The molecule has 7 heteroatoms. The van der Waals surface area contributed by atoms with E-state index in [0.29, 0.717) is 27.0 Å². The average molecular weight is 394 g/mol. The molecule has 0 amide bonds. The van der Waals surface area contributed by atoms with Gasteiger partial charge in [-0.3, -0.25) is 0 Å². The van der Waals surface area contributed by atoms with E-state index in [0.717, 1.165) is 17.1 Å². The van der Waals surface area contributed by atoms with Crippen molar-refractivity contribution in [3.8, 4) is 28.3 Å². The molecule has 5 nitrogen and oxygen atoms in total. The van der Waals surface area contributed by atoms with E-state index in [9.17, 15) is 14.3 Å². The van der Waals surface area contributed by atoms with E-state index >= 15 is 0 Å². The minimum absolute atomic E-state index is 0.158. The molecule has 0 fully saturated rings. The Labute approximate surface area is 164 Å². The molecule has 140 valence electrons. The number of benzene rings is 2. The molecule has 0 radical (unpaired) electrons. The number of carbonyl (C=O) groups is 1. The van der Waals surface area contributed by atoms with Crippen LogP contribution in [0.15, 0.2) is 54.6 Å². The van der Waals surface area contributed by atoms with Crippen molar-refractivity contribution in [2.45, 2.75) is 6.92 Å². The number of aromatic nitrogens is 2. The van der Waals surface area contributed by atoms with Crippen LogP contribution in [0.25, 0.3) is 32.6 Å². The summed E-state index contributed by atoms with van der Waals surface area (Å²) >= 11 is 1.16. The fourth-order valence-electron chi connectivity index (χ4n) is 2.94. The smallest absolute Gasteiger partial charge is 0.360 e. The van der Waals surface area contributed by atoms with E-state index in [4.69, 9.17) is 4.74 Å². The van der Waals surface area contributed by atoms with Gasteiger partial charge in [-0.25, -0.2) is 14.2 Å². The predicted molar refractivity (Wildman–Crippen MR) is 106 cm³/mol. The van der Waals surface area contributed by atoms with Crippen molar-refractivity contribution in [3.63, 3.8) is 0 Å². The topological polar surface area (TPSA) is 72.3 Å². The van der Waals surface area contributed by atoms with Crippen molar-refractivity contribution in [2.24, 2.45) is 0 Å². The lowest BCUT2D eigenvalue weighted by Gasteiger charge is -2.10. The maximum Gasteiger partial charge on any atom is 0.360 e. The van der Waals surface area contributed by atoms with Crippen LogP contribution in [0.2, 0.25) is 0 Å². The molecule has 4 aromatic rings. The van der Waals surface area contributed by atoms with Crippen molar-refractivity contribution in [2.75, 3.05) is 6.61 Å². The van der Waals surface area contributed by atoms with Gasteiger partial charge >= 0.3 is 5.97 Å². The number of carbonyl (C=O) groups excluding carboxylic acids is 1. The van der Waals surface area contributed by atoms with Gasteiger partial charge in [0.05, 0.1) is 28.1 Å². The molecule has 0 unspecified atom stereocenters. The molecule has 0 spiro atoms. The van der Waals surface area contributed by atoms with E-state index < -0.39 is 5.97 Å². The van der Waals surface area contributed by atoms with Crippen LogP contribution in [0.4, 0.5) is 4.39 Å². The molecule has 0 atom stereocenters. The zero-order valence-corrected chi connectivity index (χ0v) is 15.7. The number of esters is 1. The summed E-state index contributed by atoms with van der Waals surface area (Å²) in [6.45, 7) is 1.84. The number of rotatable bonds is 4. The summed E-state index contributed by atoms with van der Waals surface area (Å²) < 4.78 is 23.5. The van der Waals surface area contributed by atoms with Crippen LogP contribution in [-0.2, 0) is 4.74 Å². The van der Waals surface area contributed by atoms with Crippen LogP contribution in [-0.4, -0.2) is 27.0 Å². The number of pyridine rings is 1. The normalized spacial score (nSPS) is 10.9. The molecule has 0 aliphatic rings. The maximum atomic E-state index is 13.3. The first-order chi connectivity index (χ1) is 13.6. The Morgan fingerprint density at radius 1 is 1.07 bits per heavy atom. The summed E-state index contributed by atoms with van der Waals surface area (Å²) in [4.78, 5) is 16.8. The van der Waals surface area contributed by atoms with Crippen LogP contribution in [0.3, 0.4) is 0 Å². The third kappa shape index (κ3) is 3.10. The van der Waals surface area contributed by atoms with Crippen molar-refractivity contribution in [1.82, 2.24) is 9.36 Å². The van der Waals surface area contributed by atoms with Crippen molar-refractivity contribution < 1.29 is 19.0 Å². The van der Waals surface area contributed by atoms with Gasteiger partial charge in [0.1, 0.15) is 5.82 Å². The van der Waals surface area contributed by atoms with Gasteiger partial charge in [-0.15, -0.1) is 0 Å². The predicted octanol–water partition coefficient (Wildman–Crippen LogP) is 5.05. The van der Waals surface area contributed by atoms with Crippen LogP contribution in [0.1, 0.15) is 17.4 Å². The lowest BCUT2D eigenvalue weighted by Crippen LogP contribution is -2.08. The molecule has 0 aliphatic heterocycles. The summed E-state index contributed by atoms with van der Waals surface area (Å²) in [5, 5.41) is 11.2. The quantitative estimate of drug-likeness (QED) is 0.491. The number of nitrogens with zero attached hydrogens (tertiary/aromatic N) is 2. The fourth-order valence-corrected chi connectivity index (χ4v) is 3.86. The molecule has 2 aromatic carbocycles. The Balaban J connectivity index is 2.03. The highest BCUT2D eigenvalue weighted by molar-refractivity contribution is 7.14. The van der Waals surface area contributed by atoms with E-state index in [1.54, 1.807) is 19.1 Å². The van der Waals surface area contributed by atoms with E-state index in [1.165, 1.54) is 12.1 Å². The molecule has 1 N–H and O–H groups in total. The summed E-state index contributed by atoms with van der Waals surface area (Å²) in [5.41, 5.74) is 2.23. The third-order valence-corrected chi connectivity index (χ3v) is 5.08. The molecular formula is C21H15FN2O3S. The first kappa shape index (κ1) is 18.1. The molecule has 4 rings (SSSR count). The second-order valence-corrected chi connectivity index (χ2v) is 6.76. The second kappa shape index (κ2) is 7.36. The highest BCUT2D eigenvalue weighted by Crippen LogP contribution is 2.42. The Morgan fingerprint density at radius 3 is 2.43 bits per heavy atom. The van der Waals surface area contributed by atoms with E-state index in [2.05, 4.69) is 9.36 Å². The van der Waals surface area contributed by atoms with Crippen molar-refractivity contribution in [3.05, 3.63) is 66.1 Å². The zero-order valence-electron chi connectivity index (χ0n) is 14.8. The molecule has 28 heavy (non-hydrogen) atoms. The third-order valence-electron chi connectivity index (χ3n) is 4.23. The Morgan fingerprint density at radius 2 is 1.75 bits per heavy atom. The Hall–Kier alpha value is -3.32. The van der Waals surface area contributed by atoms with E-state index in [1.807, 2.05) is 30.3 Å². The highest BCUT2D eigenvalue weighted by Gasteiger charge is 2.25. The average Bonchev–Trinajstić information content (AvgIpc) is 3.15. The standard InChI is InChI=1S/C21H15FN2O3S/c1-2-27-21(26)18-19(25)15-16(13-8-10-14(22)11-9-13)24-28-20(15)17(23-18)12-6-4-3-5-7-12/h3-11,25H,2H2,1H3. The SMILES string of the molecule is CCOC(=O)c1nc(-c2ccccc2)c2snc(-c3ccc(F)cc3)c2c1O. The Bertz CT molecular complexity index is 1160. The van der Waals surface area contributed by atoms with Crippen LogP contribution < -0.4 is 0 Å². The second-order valence-electron chi connectivity index (χ2n) is 5.99. The van der Waals surface area contributed by atoms with Gasteiger partial charge < -0.3 is 9.84 Å². The molecule has 0 bridgehead atoms. The summed E-state index contributed by atoms with van der Waals surface area (Å²) in [7, 11) is 0. The highest BCUT2D eigenvalue weighted by atomic mass is 32.1. The molecule has 2 heterocycles. The molecular weight excluding hydrogens is 379 g/mol. The number of hydrogen-bond donors (Lipinski definition) is 1. The molecule has 0 saturated heterocycles. The lowest BCUT2D eigenvalue weighted by atomic mass is 10.0. The Kier molecular flexibility index (Phi) is 4.75. The number of fused-ring (bicyclic) bond motifs is 1.